The van der Waals surface area contributed by atoms with Gasteiger partial charge in [0.15, 0.2) is 0 Å². The van der Waals surface area contributed by atoms with Gasteiger partial charge in [0.2, 0.25) is 0 Å². The zero-order valence-electron chi connectivity index (χ0n) is 61.4. The fraction of sp³-hybridized carbons (Fsp3) is 0.195. The number of hydrogen-bond donors (Lipinski definition) is 0. The Kier molecular flexibility index (Phi) is 18.3. The number of pyridine rings is 4. The molecule has 1 radical (unpaired) electrons. The van der Waals surface area contributed by atoms with Crippen molar-refractivity contribution in [3.05, 3.63) is 279 Å². The molecule has 4 aromatic heterocycles. The summed E-state index contributed by atoms with van der Waals surface area (Å²) in [6, 6.07) is 69.4. The molecule has 12 rings (SSSR count). The Bertz CT molecular complexity index is 4330. The van der Waals surface area contributed by atoms with Crippen LogP contribution >= 0.6 is 0 Å². The minimum atomic E-state index is -2.55. The fourth-order valence-corrected chi connectivity index (χ4v) is 8.93. The summed E-state index contributed by atoms with van der Waals surface area (Å²) in [7, 11) is 0. The molecule has 0 saturated heterocycles. The normalized spacial score (nSPS) is 13.9. The molecule has 83 heavy (non-hydrogen) atoms. The summed E-state index contributed by atoms with van der Waals surface area (Å²) in [5.74, 6) is 0. The van der Waals surface area contributed by atoms with Crippen molar-refractivity contribution in [2.24, 2.45) is 10.8 Å². The summed E-state index contributed by atoms with van der Waals surface area (Å²) in [4.78, 5) is 17.4. The maximum Gasteiger partial charge on any atom is 3.00 e. The van der Waals surface area contributed by atoms with E-state index in [-0.39, 0.29) is 84.7 Å². The average molecular weight is 1460 g/mol. The molecule has 0 spiro atoms. The minimum Gasteiger partial charge on any atom is -0.358 e. The number of benzene rings is 8. The third kappa shape index (κ3) is 18.3. The van der Waals surface area contributed by atoms with Gasteiger partial charge in [0.1, 0.15) is 0 Å². The van der Waals surface area contributed by atoms with Crippen molar-refractivity contribution in [1.29, 1.82) is 0 Å². The standard InChI is InChI=1S/C21H17N.C21H16N.2C16H18N.CH4.2CH3.2Ir/c2*1-14-11-21(22-13-15(14)2)18-10-9-17-8-7-16-5-3-4-6-19(16)20(17)12-18;2*1-16(2,3)11-13-9-10-15(17-12-13)14-7-5-4-6-8-14;;;;;/h3-13H,1-2H3;3-9,11-13H,1-2H3;2*4-7,9-10,12H,11H2,1-3H3;1H4;2*1H3;;/q;3*-1;;2*-1;;+3/i2*1D3,2D3;11D2;;;;;;. The van der Waals surface area contributed by atoms with Crippen LogP contribution in [0.2, 0.25) is 0 Å². The minimum absolute atomic E-state index is 0. The van der Waals surface area contributed by atoms with E-state index in [1.54, 1.807) is 6.20 Å². The van der Waals surface area contributed by atoms with Gasteiger partial charge in [0, 0.05) is 69.6 Å². The number of aromatic nitrogens is 4. The first-order chi connectivity index (χ1) is 43.2. The van der Waals surface area contributed by atoms with Crippen LogP contribution in [0.15, 0.2) is 213 Å². The maximum atomic E-state index is 8.21. The van der Waals surface area contributed by atoms with Crippen LogP contribution in [0.4, 0.5) is 0 Å². The Hall–Kier alpha value is -7.30. The number of aryl methyl sites for hydroxylation is 4. The summed E-state index contributed by atoms with van der Waals surface area (Å²) in [6.07, 6.45) is 5.56. The van der Waals surface area contributed by atoms with Crippen molar-refractivity contribution in [2.45, 2.75) is 89.2 Å². The predicted octanol–water partition coefficient (Wildman–Crippen LogP) is 21.0. The van der Waals surface area contributed by atoms with Crippen molar-refractivity contribution < 1.29 is 59.4 Å². The number of rotatable bonds is 6. The number of nitrogens with zero attached hydrogens (tertiary/aromatic N) is 4. The monoisotopic (exact) mass is 1460 g/mol. The molecule has 0 fully saturated rings. The van der Waals surface area contributed by atoms with Crippen molar-refractivity contribution in [3.8, 4) is 45.0 Å². The topological polar surface area (TPSA) is 51.6 Å². The van der Waals surface area contributed by atoms with Crippen LogP contribution < -0.4 is 0 Å². The number of hydrogen-bond acceptors (Lipinski definition) is 4. The van der Waals surface area contributed by atoms with E-state index in [4.69, 9.17) is 19.2 Å². The molecule has 4 heterocycles. The van der Waals surface area contributed by atoms with Gasteiger partial charge in [0.25, 0.3) is 0 Å². The molecule has 0 aliphatic rings. The van der Waals surface area contributed by atoms with E-state index in [9.17, 15) is 0 Å². The Morgan fingerprint density at radius 3 is 1.36 bits per heavy atom. The van der Waals surface area contributed by atoms with E-state index in [1.807, 2.05) is 185 Å². The van der Waals surface area contributed by atoms with Crippen LogP contribution in [-0.4, -0.2) is 19.9 Å². The smallest absolute Gasteiger partial charge is 0.358 e. The Morgan fingerprint density at radius 2 is 0.867 bits per heavy atom. The molecule has 4 nitrogen and oxygen atoms in total. The molecule has 0 aliphatic carbocycles. The summed E-state index contributed by atoms with van der Waals surface area (Å²) < 4.78 is 109. The molecule has 0 saturated carbocycles. The molecule has 0 amide bonds. The Morgan fingerprint density at radius 1 is 0.410 bits per heavy atom. The van der Waals surface area contributed by atoms with Gasteiger partial charge in [-0.25, -0.2) is 0 Å². The van der Waals surface area contributed by atoms with E-state index < -0.39 is 39.2 Å². The number of fused-ring (bicyclic) bond motifs is 6. The largest absolute Gasteiger partial charge is 3.00 e. The van der Waals surface area contributed by atoms with Crippen LogP contribution in [0.3, 0.4) is 0 Å². The van der Waals surface area contributed by atoms with E-state index >= 15 is 0 Å². The second-order valence-corrected chi connectivity index (χ2v) is 21.2. The van der Waals surface area contributed by atoms with Crippen molar-refractivity contribution >= 4 is 43.1 Å². The molecule has 0 atom stereocenters. The van der Waals surface area contributed by atoms with Gasteiger partial charge in [-0.3, -0.25) is 4.98 Å². The van der Waals surface area contributed by atoms with E-state index in [2.05, 4.69) is 77.1 Å². The zero-order valence-corrected chi connectivity index (χ0v) is 52.2. The molecule has 6 heteroatoms. The molecule has 0 unspecified atom stereocenters. The molecule has 427 valence electrons. The molecular formula is C77H79Ir2N4-2. The van der Waals surface area contributed by atoms with Crippen molar-refractivity contribution in [3.63, 3.8) is 0 Å². The van der Waals surface area contributed by atoms with Crippen LogP contribution in [0.1, 0.15) is 102 Å². The van der Waals surface area contributed by atoms with Crippen LogP contribution in [0, 0.1) is 71.3 Å². The first-order valence-corrected chi connectivity index (χ1v) is 25.8. The van der Waals surface area contributed by atoms with E-state index in [0.717, 1.165) is 90.0 Å². The fourth-order valence-electron chi connectivity index (χ4n) is 8.93. The summed E-state index contributed by atoms with van der Waals surface area (Å²) >= 11 is 0. The van der Waals surface area contributed by atoms with Crippen molar-refractivity contribution in [1.82, 2.24) is 19.9 Å². The van der Waals surface area contributed by atoms with E-state index in [0.29, 0.717) is 27.9 Å². The predicted molar refractivity (Wildman–Crippen MR) is 350 cm³/mol. The van der Waals surface area contributed by atoms with Crippen LogP contribution in [0.25, 0.3) is 88.1 Å². The maximum absolute atomic E-state index is 8.21. The van der Waals surface area contributed by atoms with E-state index in [1.165, 1.54) is 17.7 Å². The summed E-state index contributed by atoms with van der Waals surface area (Å²) in [5, 5.41) is 8.50. The first-order valence-electron chi connectivity index (χ1n) is 32.8. The molecular weight excluding hydrogens is 1370 g/mol. The first kappa shape index (κ1) is 49.2. The Labute approximate surface area is 543 Å². The second-order valence-electron chi connectivity index (χ2n) is 21.2. The molecule has 0 aliphatic heterocycles. The van der Waals surface area contributed by atoms with Crippen LogP contribution in [-0.2, 0) is 53.0 Å². The van der Waals surface area contributed by atoms with Gasteiger partial charge in [-0.05, 0) is 140 Å². The third-order valence-corrected chi connectivity index (χ3v) is 12.6. The molecule has 12 aromatic rings. The van der Waals surface area contributed by atoms with Gasteiger partial charge in [-0.2, -0.15) is 0 Å². The summed E-state index contributed by atoms with van der Waals surface area (Å²) in [5.41, 5.74) is 6.83. The molecule has 8 aromatic carbocycles. The van der Waals surface area contributed by atoms with Gasteiger partial charge < -0.3 is 29.8 Å². The zero-order chi connectivity index (χ0) is 66.6. The molecule has 0 N–H and O–H groups in total. The van der Waals surface area contributed by atoms with Gasteiger partial charge in [-0.1, -0.05) is 181 Å². The second kappa shape index (κ2) is 30.8. The Balaban J connectivity index is 0.000000276. The SMILES string of the molecule is C.CC(C)(C)Cc1ccc(-c2[c-]cccc2)nc1.[2H]C([2H])([2H])c1cnc(-c2[c-]cc3ccc4ccccc4c3c2)cc1C([2H])([2H])[2H].[2H]C([2H])([2H])c1cnc(-c2ccc3ccc4ccccc4c3c2)cc1C([2H])([2H])[2H].[2H]C([2H])(c1ccc(-c2[c-]cccc2)nc1)C(C)(C)C.[CH3-].[CH3-].[Ir+3].[Ir]. The van der Waals surface area contributed by atoms with Crippen molar-refractivity contribution in [2.75, 3.05) is 0 Å². The van der Waals surface area contributed by atoms with Crippen LogP contribution in [0.5, 0.6) is 0 Å². The quantitative estimate of drug-likeness (QED) is 0.123. The third-order valence-electron chi connectivity index (χ3n) is 12.6. The summed E-state index contributed by atoms with van der Waals surface area (Å²) in [6.45, 7) is 2.25. The van der Waals surface area contributed by atoms with Gasteiger partial charge in [-0.15, -0.1) is 95.6 Å². The average Bonchev–Trinajstić information content (AvgIpc) is 0.775. The van der Waals surface area contributed by atoms with Gasteiger partial charge >= 0.3 is 20.1 Å². The van der Waals surface area contributed by atoms with Gasteiger partial charge in [0.05, 0.1) is 5.69 Å². The molecule has 0 bridgehead atoms.